The number of carbonyl (C=O) groups is 2. The van der Waals surface area contributed by atoms with Gasteiger partial charge in [-0.05, 0) is 31.2 Å². The van der Waals surface area contributed by atoms with Crippen LogP contribution >= 0.6 is 11.6 Å². The molecule has 1 aromatic heterocycles. The van der Waals surface area contributed by atoms with Crippen molar-refractivity contribution < 1.29 is 14.1 Å². The number of aromatic nitrogens is 2. The molecule has 0 saturated heterocycles. The molecule has 1 atom stereocenters. The number of nitrogens with zero attached hydrogens (tertiary/aromatic N) is 3. The van der Waals surface area contributed by atoms with Crippen molar-refractivity contribution in [1.29, 1.82) is 0 Å². The van der Waals surface area contributed by atoms with Crippen LogP contribution in [0.4, 0.5) is 0 Å². The topological polar surface area (TPSA) is 76.3 Å². The quantitative estimate of drug-likeness (QED) is 0.670. The van der Waals surface area contributed by atoms with Gasteiger partial charge in [-0.2, -0.15) is 4.98 Å². The lowest BCUT2D eigenvalue weighted by atomic mass is 10.1. The largest absolute Gasteiger partial charge is 0.337 e. The van der Waals surface area contributed by atoms with E-state index in [0.717, 1.165) is 4.90 Å². The molecule has 2 aromatic carbocycles. The van der Waals surface area contributed by atoms with Gasteiger partial charge in [0.1, 0.15) is 6.04 Å². The summed E-state index contributed by atoms with van der Waals surface area (Å²) in [4.78, 5) is 30.5. The Morgan fingerprint density at radius 2 is 1.72 bits per heavy atom. The summed E-state index contributed by atoms with van der Waals surface area (Å²) < 4.78 is 5.28. The first kappa shape index (κ1) is 15.5. The first-order valence-corrected chi connectivity index (χ1v) is 8.00. The van der Waals surface area contributed by atoms with Gasteiger partial charge in [0.25, 0.3) is 11.8 Å². The van der Waals surface area contributed by atoms with Gasteiger partial charge in [-0.3, -0.25) is 14.5 Å². The van der Waals surface area contributed by atoms with Crippen LogP contribution in [0, 0.1) is 0 Å². The molecule has 2 amide bonds. The lowest BCUT2D eigenvalue weighted by molar-refractivity contribution is 0.0568. The fourth-order valence-corrected chi connectivity index (χ4v) is 3.01. The molecule has 0 fully saturated rings. The maximum atomic E-state index is 12.5. The Hall–Kier alpha value is -2.99. The minimum Gasteiger partial charge on any atom is -0.337 e. The number of rotatable bonds is 3. The molecule has 0 N–H and O–H groups in total. The minimum absolute atomic E-state index is 0.185. The first-order chi connectivity index (χ1) is 12.1. The van der Waals surface area contributed by atoms with E-state index in [9.17, 15) is 9.59 Å². The molecule has 124 valence electrons. The molecule has 0 radical (unpaired) electrons. The second kappa shape index (κ2) is 5.82. The van der Waals surface area contributed by atoms with Gasteiger partial charge in [0.05, 0.1) is 11.1 Å². The van der Waals surface area contributed by atoms with E-state index in [0.29, 0.717) is 27.5 Å². The van der Waals surface area contributed by atoms with Crippen molar-refractivity contribution in [2.75, 3.05) is 0 Å². The summed E-state index contributed by atoms with van der Waals surface area (Å²) in [6.45, 7) is 1.68. The number of imide groups is 1. The maximum Gasteiger partial charge on any atom is 0.262 e. The van der Waals surface area contributed by atoms with Crippen molar-refractivity contribution in [3.05, 3.63) is 70.6 Å². The highest BCUT2D eigenvalue weighted by molar-refractivity contribution is 6.30. The molecule has 7 heteroatoms. The molecule has 6 nitrogen and oxygen atoms in total. The van der Waals surface area contributed by atoms with Crippen LogP contribution in [0.5, 0.6) is 0 Å². The lowest BCUT2D eigenvalue weighted by Gasteiger charge is -2.18. The van der Waals surface area contributed by atoms with Crippen LogP contribution < -0.4 is 0 Å². The molecule has 0 saturated carbocycles. The average Bonchev–Trinajstić information content (AvgIpc) is 3.20. The summed E-state index contributed by atoms with van der Waals surface area (Å²) in [7, 11) is 0. The second-order valence-electron chi connectivity index (χ2n) is 5.67. The predicted octanol–water partition coefficient (Wildman–Crippen LogP) is 3.75. The Bertz CT molecular complexity index is 963. The zero-order valence-electron chi connectivity index (χ0n) is 13.1. The van der Waals surface area contributed by atoms with Crippen LogP contribution in [-0.4, -0.2) is 26.9 Å². The van der Waals surface area contributed by atoms with Crippen molar-refractivity contribution >= 4 is 23.4 Å². The van der Waals surface area contributed by atoms with Crippen molar-refractivity contribution in [3.8, 4) is 11.4 Å². The van der Waals surface area contributed by atoms with Gasteiger partial charge >= 0.3 is 0 Å². The van der Waals surface area contributed by atoms with E-state index in [4.69, 9.17) is 16.1 Å². The number of benzene rings is 2. The van der Waals surface area contributed by atoms with Crippen LogP contribution in [0.2, 0.25) is 5.02 Å². The zero-order valence-corrected chi connectivity index (χ0v) is 13.9. The molecule has 25 heavy (non-hydrogen) atoms. The summed E-state index contributed by atoms with van der Waals surface area (Å²) in [5.74, 6) is -0.198. The van der Waals surface area contributed by atoms with Crippen molar-refractivity contribution in [3.63, 3.8) is 0 Å². The SMILES string of the molecule is C[C@@H](c1nc(-c2cccc(Cl)c2)no1)N1C(=O)c2ccccc2C1=O. The Kier molecular flexibility index (Phi) is 3.62. The van der Waals surface area contributed by atoms with Gasteiger partial charge in [0.2, 0.25) is 11.7 Å². The summed E-state index contributed by atoms with van der Waals surface area (Å²) >= 11 is 5.97. The van der Waals surface area contributed by atoms with Crippen LogP contribution in [0.3, 0.4) is 0 Å². The highest BCUT2D eigenvalue weighted by atomic mass is 35.5. The van der Waals surface area contributed by atoms with Gasteiger partial charge in [0.15, 0.2) is 0 Å². The molecule has 0 aliphatic carbocycles. The van der Waals surface area contributed by atoms with E-state index in [1.807, 2.05) is 0 Å². The van der Waals surface area contributed by atoms with Crippen molar-refractivity contribution in [1.82, 2.24) is 15.0 Å². The molecular weight excluding hydrogens is 342 g/mol. The smallest absolute Gasteiger partial charge is 0.262 e. The molecule has 4 rings (SSSR count). The normalized spacial score (nSPS) is 14.7. The third-order valence-corrected chi connectivity index (χ3v) is 4.33. The molecule has 0 unspecified atom stereocenters. The molecule has 0 spiro atoms. The summed E-state index contributed by atoms with van der Waals surface area (Å²) in [5.41, 5.74) is 1.46. The van der Waals surface area contributed by atoms with E-state index < -0.39 is 6.04 Å². The van der Waals surface area contributed by atoms with Gasteiger partial charge in [-0.25, -0.2) is 0 Å². The van der Waals surface area contributed by atoms with Crippen molar-refractivity contribution in [2.45, 2.75) is 13.0 Å². The summed E-state index contributed by atoms with van der Waals surface area (Å²) in [5, 5.41) is 4.48. The van der Waals surface area contributed by atoms with Crippen LogP contribution in [0.15, 0.2) is 53.1 Å². The van der Waals surface area contributed by atoms with Gasteiger partial charge < -0.3 is 4.52 Å². The Balaban J connectivity index is 1.66. The third-order valence-electron chi connectivity index (χ3n) is 4.09. The maximum absolute atomic E-state index is 12.5. The highest BCUT2D eigenvalue weighted by Crippen LogP contribution is 2.31. The number of halogens is 1. The lowest BCUT2D eigenvalue weighted by Crippen LogP contribution is -2.32. The van der Waals surface area contributed by atoms with E-state index in [2.05, 4.69) is 10.1 Å². The fraction of sp³-hybridized carbons (Fsp3) is 0.111. The van der Waals surface area contributed by atoms with Gasteiger partial charge in [0, 0.05) is 10.6 Å². The highest BCUT2D eigenvalue weighted by Gasteiger charge is 2.40. The number of hydrogen-bond donors (Lipinski definition) is 0. The second-order valence-corrected chi connectivity index (χ2v) is 6.10. The van der Waals surface area contributed by atoms with E-state index in [1.165, 1.54) is 0 Å². The monoisotopic (exact) mass is 353 g/mol. The number of carbonyl (C=O) groups excluding carboxylic acids is 2. The van der Waals surface area contributed by atoms with E-state index in [1.54, 1.807) is 55.5 Å². The van der Waals surface area contributed by atoms with Crippen LogP contribution in [0.1, 0.15) is 39.6 Å². The molecule has 1 aliphatic heterocycles. The van der Waals surface area contributed by atoms with Gasteiger partial charge in [-0.1, -0.05) is 41.0 Å². The third kappa shape index (κ3) is 2.51. The summed E-state index contributed by atoms with van der Waals surface area (Å²) in [6, 6.07) is 13.1. The average molecular weight is 354 g/mol. The fourth-order valence-electron chi connectivity index (χ4n) is 2.82. The number of fused-ring (bicyclic) bond motifs is 1. The Morgan fingerprint density at radius 1 is 1.04 bits per heavy atom. The zero-order chi connectivity index (χ0) is 17.6. The predicted molar refractivity (Wildman–Crippen MR) is 90.1 cm³/mol. The van der Waals surface area contributed by atoms with Crippen LogP contribution in [0.25, 0.3) is 11.4 Å². The molecule has 0 bridgehead atoms. The minimum atomic E-state index is -0.673. The number of amides is 2. The Labute approximate surface area is 148 Å². The van der Waals surface area contributed by atoms with Crippen LogP contribution in [-0.2, 0) is 0 Å². The Morgan fingerprint density at radius 3 is 2.36 bits per heavy atom. The molecule has 2 heterocycles. The summed E-state index contributed by atoms with van der Waals surface area (Å²) in [6.07, 6.45) is 0. The van der Waals surface area contributed by atoms with Crippen molar-refractivity contribution in [2.24, 2.45) is 0 Å². The molecule has 1 aliphatic rings. The molecule has 3 aromatic rings. The first-order valence-electron chi connectivity index (χ1n) is 7.62. The number of hydrogen-bond acceptors (Lipinski definition) is 5. The van der Waals surface area contributed by atoms with Gasteiger partial charge in [-0.15, -0.1) is 0 Å². The van der Waals surface area contributed by atoms with E-state index in [-0.39, 0.29) is 17.7 Å². The standard InChI is InChI=1S/C18H12ClN3O3/c1-10(22-17(23)13-7-2-3-8-14(13)18(22)24)16-20-15(21-25-16)11-5-4-6-12(19)9-11/h2-10H,1H3/t10-/m0/s1. The molecular formula is C18H12ClN3O3. The van der Waals surface area contributed by atoms with E-state index >= 15 is 0 Å².